The summed E-state index contributed by atoms with van der Waals surface area (Å²) >= 11 is 0. The second-order valence-corrected chi connectivity index (χ2v) is 5.35. The number of nitrogens with zero attached hydrogens (tertiary/aromatic N) is 1. The Kier molecular flexibility index (Phi) is 6.52. The SMILES string of the molecule is CC1CCCNC1C(=O)NCCCCN(C)C. The number of carbonyl (C=O) groups excluding carboxylic acids is 1. The van der Waals surface area contributed by atoms with Gasteiger partial charge in [-0.2, -0.15) is 0 Å². The van der Waals surface area contributed by atoms with Crippen LogP contribution in [0.5, 0.6) is 0 Å². The molecular weight excluding hydrogens is 214 g/mol. The van der Waals surface area contributed by atoms with Crippen LogP contribution in [0.15, 0.2) is 0 Å². The first kappa shape index (κ1) is 14.5. The van der Waals surface area contributed by atoms with Gasteiger partial charge in [-0.15, -0.1) is 0 Å². The van der Waals surface area contributed by atoms with Gasteiger partial charge in [0.2, 0.25) is 5.91 Å². The molecule has 1 heterocycles. The third-order valence-electron chi connectivity index (χ3n) is 3.38. The fraction of sp³-hybridized carbons (Fsp3) is 0.923. The molecule has 0 saturated carbocycles. The monoisotopic (exact) mass is 241 g/mol. The average Bonchev–Trinajstić information content (AvgIpc) is 2.28. The van der Waals surface area contributed by atoms with Crippen molar-refractivity contribution in [1.82, 2.24) is 15.5 Å². The van der Waals surface area contributed by atoms with Gasteiger partial charge in [0.05, 0.1) is 6.04 Å². The summed E-state index contributed by atoms with van der Waals surface area (Å²) in [5.41, 5.74) is 0. The van der Waals surface area contributed by atoms with Crippen molar-refractivity contribution in [3.63, 3.8) is 0 Å². The van der Waals surface area contributed by atoms with E-state index >= 15 is 0 Å². The van der Waals surface area contributed by atoms with Gasteiger partial charge in [-0.1, -0.05) is 6.92 Å². The molecule has 2 unspecified atom stereocenters. The maximum atomic E-state index is 11.9. The van der Waals surface area contributed by atoms with Gasteiger partial charge in [0.1, 0.15) is 0 Å². The largest absolute Gasteiger partial charge is 0.355 e. The van der Waals surface area contributed by atoms with Gasteiger partial charge in [0.15, 0.2) is 0 Å². The number of carbonyl (C=O) groups is 1. The minimum absolute atomic E-state index is 0.0256. The Labute approximate surface area is 105 Å². The highest BCUT2D eigenvalue weighted by Gasteiger charge is 2.26. The number of nitrogens with one attached hydrogen (secondary N) is 2. The molecule has 0 radical (unpaired) electrons. The Morgan fingerprint density at radius 2 is 2.18 bits per heavy atom. The molecule has 4 nitrogen and oxygen atoms in total. The van der Waals surface area contributed by atoms with Gasteiger partial charge < -0.3 is 15.5 Å². The lowest BCUT2D eigenvalue weighted by Gasteiger charge is -2.28. The van der Waals surface area contributed by atoms with Gasteiger partial charge in [-0.3, -0.25) is 4.79 Å². The quantitative estimate of drug-likeness (QED) is 0.677. The molecule has 1 fully saturated rings. The molecule has 1 amide bonds. The minimum Gasteiger partial charge on any atom is -0.355 e. The third kappa shape index (κ3) is 5.50. The Bertz CT molecular complexity index is 231. The van der Waals surface area contributed by atoms with Crippen LogP contribution in [0.4, 0.5) is 0 Å². The van der Waals surface area contributed by atoms with Gasteiger partial charge >= 0.3 is 0 Å². The number of rotatable bonds is 6. The van der Waals surface area contributed by atoms with Gasteiger partial charge in [0.25, 0.3) is 0 Å². The highest BCUT2D eigenvalue weighted by atomic mass is 16.2. The average molecular weight is 241 g/mol. The van der Waals surface area contributed by atoms with Crippen molar-refractivity contribution >= 4 is 5.91 Å². The number of piperidine rings is 1. The van der Waals surface area contributed by atoms with Crippen LogP contribution < -0.4 is 10.6 Å². The number of unbranched alkanes of at least 4 members (excludes halogenated alkanes) is 1. The van der Waals surface area contributed by atoms with Gasteiger partial charge in [0, 0.05) is 6.54 Å². The second kappa shape index (κ2) is 7.67. The van der Waals surface area contributed by atoms with E-state index in [2.05, 4.69) is 36.6 Å². The standard InChI is InChI=1S/C13H27N3O/c1-11-7-6-9-14-12(11)13(17)15-8-4-5-10-16(2)3/h11-12,14H,4-10H2,1-3H3,(H,15,17). The van der Waals surface area contributed by atoms with Crippen molar-refractivity contribution in [1.29, 1.82) is 0 Å². The molecule has 1 rings (SSSR count). The third-order valence-corrected chi connectivity index (χ3v) is 3.38. The zero-order chi connectivity index (χ0) is 12.7. The summed E-state index contributed by atoms with van der Waals surface area (Å²) in [6, 6.07) is 0.0256. The molecule has 4 heteroatoms. The van der Waals surface area contributed by atoms with E-state index in [1.54, 1.807) is 0 Å². The van der Waals surface area contributed by atoms with Crippen molar-refractivity contribution in [3.05, 3.63) is 0 Å². The molecule has 1 aliphatic rings. The van der Waals surface area contributed by atoms with Crippen LogP contribution in [-0.4, -0.2) is 50.6 Å². The van der Waals surface area contributed by atoms with Crippen molar-refractivity contribution in [2.24, 2.45) is 5.92 Å². The van der Waals surface area contributed by atoms with E-state index in [1.807, 2.05) is 0 Å². The Balaban J connectivity index is 2.11. The topological polar surface area (TPSA) is 44.4 Å². The molecule has 17 heavy (non-hydrogen) atoms. The fourth-order valence-electron chi connectivity index (χ4n) is 2.28. The Hall–Kier alpha value is -0.610. The van der Waals surface area contributed by atoms with Crippen LogP contribution in [0.2, 0.25) is 0 Å². The van der Waals surface area contributed by atoms with Crippen molar-refractivity contribution in [3.8, 4) is 0 Å². The molecule has 0 aromatic heterocycles. The van der Waals surface area contributed by atoms with Gasteiger partial charge in [-0.25, -0.2) is 0 Å². The van der Waals surface area contributed by atoms with E-state index in [0.717, 1.165) is 38.9 Å². The minimum atomic E-state index is 0.0256. The van der Waals surface area contributed by atoms with E-state index in [1.165, 1.54) is 6.42 Å². The zero-order valence-electron chi connectivity index (χ0n) is 11.5. The van der Waals surface area contributed by atoms with Crippen LogP contribution in [0.3, 0.4) is 0 Å². The number of hydrogen-bond donors (Lipinski definition) is 2. The summed E-state index contributed by atoms with van der Waals surface area (Å²) in [6.07, 6.45) is 4.55. The maximum absolute atomic E-state index is 11.9. The van der Waals surface area contributed by atoms with Crippen LogP contribution >= 0.6 is 0 Å². The maximum Gasteiger partial charge on any atom is 0.237 e. The summed E-state index contributed by atoms with van der Waals surface area (Å²) in [6.45, 7) is 5.02. The predicted molar refractivity (Wildman–Crippen MR) is 71.0 cm³/mol. The van der Waals surface area contributed by atoms with Crippen LogP contribution in [0.1, 0.15) is 32.6 Å². The predicted octanol–water partition coefficient (Wildman–Crippen LogP) is 0.833. The van der Waals surface area contributed by atoms with Gasteiger partial charge in [-0.05, 0) is 58.8 Å². The van der Waals surface area contributed by atoms with Crippen LogP contribution in [0.25, 0.3) is 0 Å². The molecule has 1 saturated heterocycles. The Morgan fingerprint density at radius 1 is 1.41 bits per heavy atom. The highest BCUT2D eigenvalue weighted by molar-refractivity contribution is 5.82. The molecule has 1 aliphatic heterocycles. The molecule has 2 atom stereocenters. The normalized spacial score (nSPS) is 24.9. The first-order valence-electron chi connectivity index (χ1n) is 6.77. The highest BCUT2D eigenvalue weighted by Crippen LogP contribution is 2.15. The van der Waals surface area contributed by atoms with E-state index in [9.17, 15) is 4.79 Å². The second-order valence-electron chi connectivity index (χ2n) is 5.35. The van der Waals surface area contributed by atoms with Crippen molar-refractivity contribution < 1.29 is 4.79 Å². The molecule has 0 aromatic carbocycles. The smallest absolute Gasteiger partial charge is 0.237 e. The Morgan fingerprint density at radius 3 is 2.82 bits per heavy atom. The lowest BCUT2D eigenvalue weighted by atomic mass is 9.92. The summed E-state index contributed by atoms with van der Waals surface area (Å²) in [7, 11) is 4.15. The molecule has 0 spiro atoms. The first-order valence-corrected chi connectivity index (χ1v) is 6.77. The first-order chi connectivity index (χ1) is 8.11. The van der Waals surface area contributed by atoms with Crippen LogP contribution in [0, 0.1) is 5.92 Å². The van der Waals surface area contributed by atoms with Crippen LogP contribution in [-0.2, 0) is 4.79 Å². The lowest BCUT2D eigenvalue weighted by molar-refractivity contribution is -0.124. The molecule has 0 bridgehead atoms. The van der Waals surface area contributed by atoms with Crippen molar-refractivity contribution in [2.45, 2.75) is 38.6 Å². The fourth-order valence-corrected chi connectivity index (χ4v) is 2.28. The molecule has 0 aromatic rings. The number of amides is 1. The molecular formula is C13H27N3O. The number of hydrogen-bond acceptors (Lipinski definition) is 3. The summed E-state index contributed by atoms with van der Waals surface area (Å²) < 4.78 is 0. The summed E-state index contributed by atoms with van der Waals surface area (Å²) in [5.74, 6) is 0.646. The zero-order valence-corrected chi connectivity index (χ0v) is 11.5. The lowest BCUT2D eigenvalue weighted by Crippen LogP contribution is -2.51. The summed E-state index contributed by atoms with van der Waals surface area (Å²) in [5, 5.41) is 6.34. The molecule has 100 valence electrons. The molecule has 0 aliphatic carbocycles. The molecule has 2 N–H and O–H groups in total. The van der Waals surface area contributed by atoms with E-state index in [-0.39, 0.29) is 11.9 Å². The summed E-state index contributed by atoms with van der Waals surface area (Å²) in [4.78, 5) is 14.1. The van der Waals surface area contributed by atoms with E-state index < -0.39 is 0 Å². The van der Waals surface area contributed by atoms with E-state index in [4.69, 9.17) is 0 Å². The van der Waals surface area contributed by atoms with Crippen molar-refractivity contribution in [2.75, 3.05) is 33.7 Å². The van der Waals surface area contributed by atoms with E-state index in [0.29, 0.717) is 5.92 Å².